The summed E-state index contributed by atoms with van der Waals surface area (Å²) in [5.41, 5.74) is 1.16. The minimum atomic E-state index is -0.352. The van der Waals surface area contributed by atoms with Crippen molar-refractivity contribution in [3.05, 3.63) is 29.8 Å². The van der Waals surface area contributed by atoms with Gasteiger partial charge in [0, 0.05) is 5.69 Å². The monoisotopic (exact) mass is 292 g/mol. The van der Waals surface area contributed by atoms with E-state index in [1.54, 1.807) is 31.2 Å². The molecule has 5 heteroatoms. The third-order valence-electron chi connectivity index (χ3n) is 2.99. The van der Waals surface area contributed by atoms with E-state index in [2.05, 4.69) is 12.2 Å². The third kappa shape index (κ3) is 6.40. The van der Waals surface area contributed by atoms with E-state index in [1.165, 1.54) is 0 Å². The first-order chi connectivity index (χ1) is 10.1. The molecule has 0 aromatic heterocycles. The fraction of sp³-hybridized carbons (Fsp3) is 0.500. The van der Waals surface area contributed by atoms with Crippen molar-refractivity contribution in [1.29, 1.82) is 0 Å². The molecule has 5 nitrogen and oxygen atoms in total. The number of hydrogen-bond donors (Lipinski definition) is 1. The van der Waals surface area contributed by atoms with E-state index in [9.17, 15) is 9.59 Å². The van der Waals surface area contributed by atoms with Crippen molar-refractivity contribution < 1.29 is 14.3 Å². The number of nitrogens with zero attached hydrogens (tertiary/aromatic N) is 1. The number of rotatable bonds is 8. The van der Waals surface area contributed by atoms with Gasteiger partial charge in [-0.2, -0.15) is 0 Å². The quantitative estimate of drug-likeness (QED) is 0.748. The maximum absolute atomic E-state index is 11.9. The number of unbranched alkanes of at least 4 members (excludes halogenated alkanes) is 1. The summed E-state index contributed by atoms with van der Waals surface area (Å²) in [5, 5.41) is 2.81. The van der Waals surface area contributed by atoms with E-state index in [4.69, 9.17) is 4.74 Å². The first-order valence-electron chi connectivity index (χ1n) is 7.32. The van der Waals surface area contributed by atoms with E-state index in [-0.39, 0.29) is 11.9 Å². The van der Waals surface area contributed by atoms with Crippen LogP contribution in [0, 0.1) is 0 Å². The number of benzene rings is 1. The van der Waals surface area contributed by atoms with Crippen molar-refractivity contribution >= 4 is 17.6 Å². The van der Waals surface area contributed by atoms with E-state index >= 15 is 0 Å². The Balaban J connectivity index is 2.48. The molecule has 0 fully saturated rings. The van der Waals surface area contributed by atoms with Crippen LogP contribution in [-0.4, -0.2) is 43.5 Å². The van der Waals surface area contributed by atoms with Crippen molar-refractivity contribution in [1.82, 2.24) is 4.90 Å². The zero-order valence-corrected chi connectivity index (χ0v) is 13.0. The summed E-state index contributed by atoms with van der Waals surface area (Å²) in [6.45, 7) is 5.51. The zero-order valence-electron chi connectivity index (χ0n) is 13.0. The summed E-state index contributed by atoms with van der Waals surface area (Å²) in [6, 6.07) is 6.70. The molecule has 0 aliphatic carbocycles. The maximum atomic E-state index is 11.9. The van der Waals surface area contributed by atoms with Gasteiger partial charge in [0.15, 0.2) is 0 Å². The van der Waals surface area contributed by atoms with Crippen molar-refractivity contribution in [3.63, 3.8) is 0 Å². The average Bonchev–Trinajstić information content (AvgIpc) is 2.46. The number of carbonyl (C=O) groups excluding carboxylic acids is 2. The fourth-order valence-corrected chi connectivity index (χ4v) is 1.86. The fourth-order valence-electron chi connectivity index (χ4n) is 1.86. The minimum absolute atomic E-state index is 0.0579. The molecule has 0 aliphatic rings. The Morgan fingerprint density at radius 3 is 2.43 bits per heavy atom. The van der Waals surface area contributed by atoms with Crippen LogP contribution in [0.15, 0.2) is 24.3 Å². The van der Waals surface area contributed by atoms with Gasteiger partial charge in [-0.05, 0) is 51.2 Å². The standard InChI is InChI=1S/C16H24N2O3/c1-4-6-11-18(3)12-15(19)17-14-9-7-13(8-10-14)16(20)21-5-2/h7-10H,4-6,11-12H2,1-3H3,(H,17,19). The SMILES string of the molecule is CCCCN(C)CC(=O)Nc1ccc(C(=O)OCC)cc1. The van der Waals surface area contributed by atoms with Crippen LogP contribution in [0.1, 0.15) is 37.0 Å². The van der Waals surface area contributed by atoms with Crippen LogP contribution in [0.25, 0.3) is 0 Å². The normalized spacial score (nSPS) is 10.5. The number of ether oxygens (including phenoxy) is 1. The van der Waals surface area contributed by atoms with Gasteiger partial charge in [0.05, 0.1) is 18.7 Å². The second kappa shape index (κ2) is 9.13. The van der Waals surface area contributed by atoms with Gasteiger partial charge in [-0.1, -0.05) is 13.3 Å². The Hall–Kier alpha value is -1.88. The minimum Gasteiger partial charge on any atom is -0.462 e. The van der Waals surface area contributed by atoms with Gasteiger partial charge in [-0.15, -0.1) is 0 Å². The Labute approximate surface area is 126 Å². The molecule has 0 atom stereocenters. The number of nitrogens with one attached hydrogen (secondary N) is 1. The van der Waals surface area contributed by atoms with E-state index < -0.39 is 0 Å². The van der Waals surface area contributed by atoms with Crippen molar-refractivity contribution in [2.45, 2.75) is 26.7 Å². The molecular weight excluding hydrogens is 268 g/mol. The summed E-state index contributed by atoms with van der Waals surface area (Å²) < 4.78 is 4.91. The molecule has 1 aromatic rings. The number of esters is 1. The van der Waals surface area contributed by atoms with Gasteiger partial charge in [-0.25, -0.2) is 4.79 Å². The highest BCUT2D eigenvalue weighted by Gasteiger charge is 2.08. The molecule has 21 heavy (non-hydrogen) atoms. The molecule has 1 amide bonds. The maximum Gasteiger partial charge on any atom is 0.338 e. The summed E-state index contributed by atoms with van der Waals surface area (Å²) in [4.78, 5) is 25.4. The van der Waals surface area contributed by atoms with Crippen LogP contribution in [0.4, 0.5) is 5.69 Å². The number of hydrogen-bond acceptors (Lipinski definition) is 4. The molecule has 0 bridgehead atoms. The van der Waals surface area contributed by atoms with E-state index in [1.807, 2.05) is 11.9 Å². The number of likely N-dealkylation sites (N-methyl/N-ethyl adjacent to an activating group) is 1. The summed E-state index contributed by atoms with van der Waals surface area (Å²) >= 11 is 0. The predicted octanol–water partition coefficient (Wildman–Crippen LogP) is 2.53. The molecule has 1 aromatic carbocycles. The summed E-state index contributed by atoms with van der Waals surface area (Å²) in [7, 11) is 1.93. The topological polar surface area (TPSA) is 58.6 Å². The molecule has 0 saturated heterocycles. The van der Waals surface area contributed by atoms with Gasteiger partial charge in [0.2, 0.25) is 5.91 Å². The Bertz CT molecular complexity index is 457. The molecule has 0 heterocycles. The van der Waals surface area contributed by atoms with Gasteiger partial charge in [0.25, 0.3) is 0 Å². The largest absolute Gasteiger partial charge is 0.462 e. The molecule has 0 saturated carbocycles. The molecule has 0 aliphatic heterocycles. The van der Waals surface area contributed by atoms with Crippen LogP contribution < -0.4 is 5.32 Å². The lowest BCUT2D eigenvalue weighted by atomic mass is 10.2. The number of amides is 1. The summed E-state index contributed by atoms with van der Waals surface area (Å²) in [6.07, 6.45) is 2.19. The number of anilines is 1. The number of carbonyl (C=O) groups is 2. The van der Waals surface area contributed by atoms with E-state index in [0.29, 0.717) is 24.4 Å². The molecule has 1 N–H and O–H groups in total. The second-order valence-electron chi connectivity index (χ2n) is 4.94. The lowest BCUT2D eigenvalue weighted by Crippen LogP contribution is -2.30. The predicted molar refractivity (Wildman–Crippen MR) is 83.4 cm³/mol. The lowest BCUT2D eigenvalue weighted by molar-refractivity contribution is -0.117. The van der Waals surface area contributed by atoms with Crippen LogP contribution in [0.5, 0.6) is 0 Å². The van der Waals surface area contributed by atoms with Crippen LogP contribution in [0.2, 0.25) is 0 Å². The van der Waals surface area contributed by atoms with Gasteiger partial charge >= 0.3 is 5.97 Å². The van der Waals surface area contributed by atoms with Crippen molar-refractivity contribution in [2.24, 2.45) is 0 Å². The van der Waals surface area contributed by atoms with Crippen LogP contribution in [0.3, 0.4) is 0 Å². The highest BCUT2D eigenvalue weighted by atomic mass is 16.5. The lowest BCUT2D eigenvalue weighted by Gasteiger charge is -2.15. The van der Waals surface area contributed by atoms with Crippen LogP contribution in [-0.2, 0) is 9.53 Å². The highest BCUT2D eigenvalue weighted by molar-refractivity contribution is 5.93. The molecule has 0 spiro atoms. The zero-order chi connectivity index (χ0) is 15.7. The molecular formula is C16H24N2O3. The first-order valence-corrected chi connectivity index (χ1v) is 7.32. The Morgan fingerprint density at radius 1 is 1.19 bits per heavy atom. The van der Waals surface area contributed by atoms with Gasteiger partial charge in [-0.3, -0.25) is 9.69 Å². The van der Waals surface area contributed by atoms with Crippen LogP contribution >= 0.6 is 0 Å². The first kappa shape index (κ1) is 17.2. The Kier molecular flexibility index (Phi) is 7.46. The summed E-state index contributed by atoms with van der Waals surface area (Å²) in [5.74, 6) is -0.410. The van der Waals surface area contributed by atoms with E-state index in [0.717, 1.165) is 19.4 Å². The molecule has 0 unspecified atom stereocenters. The van der Waals surface area contributed by atoms with Gasteiger partial charge in [0.1, 0.15) is 0 Å². The molecule has 0 radical (unpaired) electrons. The molecule has 116 valence electrons. The highest BCUT2D eigenvalue weighted by Crippen LogP contribution is 2.10. The smallest absolute Gasteiger partial charge is 0.338 e. The average molecular weight is 292 g/mol. The van der Waals surface area contributed by atoms with Crippen molar-refractivity contribution in [3.8, 4) is 0 Å². The Morgan fingerprint density at radius 2 is 1.86 bits per heavy atom. The van der Waals surface area contributed by atoms with Crippen molar-refractivity contribution in [2.75, 3.05) is 32.1 Å². The second-order valence-corrected chi connectivity index (χ2v) is 4.94. The molecule has 1 rings (SSSR count). The third-order valence-corrected chi connectivity index (χ3v) is 2.99. The van der Waals surface area contributed by atoms with Gasteiger partial charge < -0.3 is 10.1 Å².